The summed E-state index contributed by atoms with van der Waals surface area (Å²) in [6, 6.07) is 29.0. The molecule has 0 bridgehead atoms. The predicted octanol–water partition coefficient (Wildman–Crippen LogP) is 8.50. The second-order valence-corrected chi connectivity index (χ2v) is 20.0. The Balaban J connectivity index is 1.41. The molecule has 9 nitrogen and oxygen atoms in total. The molecule has 1 N–H and O–H groups in total. The van der Waals surface area contributed by atoms with Gasteiger partial charge in [-0.1, -0.05) is 100 Å². The summed E-state index contributed by atoms with van der Waals surface area (Å²) in [5.41, 5.74) is 3.63. The van der Waals surface area contributed by atoms with E-state index in [2.05, 4.69) is 107 Å². The van der Waals surface area contributed by atoms with Crippen LogP contribution in [0.3, 0.4) is 0 Å². The van der Waals surface area contributed by atoms with Crippen molar-refractivity contribution in [1.29, 1.82) is 0 Å². The van der Waals surface area contributed by atoms with Crippen LogP contribution in [0.1, 0.15) is 50.6 Å². The number of imidazole rings is 1. The molecule has 1 aliphatic rings. The van der Waals surface area contributed by atoms with Gasteiger partial charge in [-0.3, -0.25) is 4.57 Å². The predicted molar refractivity (Wildman–Crippen MR) is 204 cm³/mol. The lowest BCUT2D eigenvalue weighted by molar-refractivity contribution is -0.0509. The van der Waals surface area contributed by atoms with Crippen LogP contribution >= 0.6 is 11.8 Å². The molecule has 11 heteroatoms. The molecule has 3 heterocycles. The van der Waals surface area contributed by atoms with Crippen molar-refractivity contribution in [1.82, 2.24) is 19.5 Å². The molecule has 4 atom stereocenters. The fourth-order valence-electron chi connectivity index (χ4n) is 6.49. The maximum atomic E-state index is 6.81. The fraction of sp³-hybridized carbons (Fsp3) is 0.410. The van der Waals surface area contributed by atoms with E-state index in [1.54, 1.807) is 25.2 Å². The minimum Gasteiger partial charge on any atom is -0.497 e. The zero-order chi connectivity index (χ0) is 35.5. The largest absolute Gasteiger partial charge is 0.497 e. The number of benzene rings is 3. The molecule has 264 valence electrons. The van der Waals surface area contributed by atoms with E-state index >= 15 is 0 Å². The molecule has 1 aliphatic heterocycles. The molecular weight excluding hydrogens is 663 g/mol. The molecule has 6 rings (SSSR count). The van der Waals surface area contributed by atoms with Gasteiger partial charge in [0.25, 0.3) is 0 Å². The normalized spacial score (nSPS) is 19.9. The summed E-state index contributed by atoms with van der Waals surface area (Å²) in [5, 5.41) is 3.97. The van der Waals surface area contributed by atoms with Gasteiger partial charge in [-0.05, 0) is 53.2 Å². The van der Waals surface area contributed by atoms with E-state index in [9.17, 15) is 0 Å². The Morgan fingerprint density at radius 3 is 2.08 bits per heavy atom. The van der Waals surface area contributed by atoms with Crippen LogP contribution in [0.15, 0.2) is 97.6 Å². The van der Waals surface area contributed by atoms with Crippen LogP contribution in [-0.2, 0) is 19.4 Å². The molecule has 0 radical (unpaired) electrons. The monoisotopic (exact) mass is 711 g/mol. The van der Waals surface area contributed by atoms with Crippen LogP contribution < -0.4 is 10.1 Å². The number of rotatable bonds is 13. The number of hydrogen-bond acceptors (Lipinski definition) is 9. The molecule has 0 amide bonds. The highest BCUT2D eigenvalue weighted by Crippen LogP contribution is 2.43. The van der Waals surface area contributed by atoms with Gasteiger partial charge in [-0.2, -0.15) is 0 Å². The molecular formula is C39H49N5O4SSi. The number of hydrogen-bond donors (Lipinski definition) is 1. The maximum absolute atomic E-state index is 6.81. The summed E-state index contributed by atoms with van der Waals surface area (Å²) in [6.45, 7) is 14.0. The van der Waals surface area contributed by atoms with E-state index in [1.165, 1.54) is 0 Å². The first-order valence-corrected chi connectivity index (χ1v) is 21.4. The third kappa shape index (κ3) is 6.94. The summed E-state index contributed by atoms with van der Waals surface area (Å²) in [4.78, 5) is 14.5. The number of nitrogens with one attached hydrogen (secondary N) is 1. The minimum atomic E-state index is -2.00. The Hall–Kier alpha value is -3.74. The SMILES string of the molecule is COc1ccc(C(Nc2ncnc3c2ncn3[C@@H]2O[C@H](CO[Si](C)(C)C(C)(C)C)C(OCSC)C2C)(c2ccccc2)c2ccccc2)cc1. The van der Waals surface area contributed by atoms with Gasteiger partial charge in [0.05, 0.1) is 32.1 Å². The smallest absolute Gasteiger partial charge is 0.192 e. The molecule has 2 aromatic heterocycles. The molecule has 3 aromatic carbocycles. The second-order valence-electron chi connectivity index (χ2n) is 14.4. The molecule has 1 saturated heterocycles. The van der Waals surface area contributed by atoms with Crippen molar-refractivity contribution < 1.29 is 18.6 Å². The number of nitrogens with zero attached hydrogens (tertiary/aromatic N) is 4. The first kappa shape index (κ1) is 36.1. The van der Waals surface area contributed by atoms with Crippen LogP contribution in [0.2, 0.25) is 18.1 Å². The van der Waals surface area contributed by atoms with Crippen molar-refractivity contribution >= 4 is 37.1 Å². The molecule has 0 aliphatic carbocycles. The Morgan fingerprint density at radius 1 is 0.880 bits per heavy atom. The number of methoxy groups -OCH3 is 1. The van der Waals surface area contributed by atoms with Crippen LogP contribution in [0.5, 0.6) is 5.75 Å². The van der Waals surface area contributed by atoms with Gasteiger partial charge in [0.2, 0.25) is 0 Å². The van der Waals surface area contributed by atoms with Gasteiger partial charge in [0, 0.05) is 5.92 Å². The van der Waals surface area contributed by atoms with Crippen molar-refractivity contribution in [2.75, 3.05) is 31.2 Å². The molecule has 0 saturated carbocycles. The van der Waals surface area contributed by atoms with Crippen LogP contribution in [0.25, 0.3) is 11.2 Å². The number of thioether (sulfide) groups is 1. The highest BCUT2D eigenvalue weighted by atomic mass is 32.2. The highest BCUT2D eigenvalue weighted by Gasteiger charge is 2.47. The third-order valence-corrected chi connectivity index (χ3v) is 15.2. The summed E-state index contributed by atoms with van der Waals surface area (Å²) in [6.07, 6.45) is 4.73. The van der Waals surface area contributed by atoms with E-state index < -0.39 is 13.9 Å². The minimum absolute atomic E-state index is 0.0194. The van der Waals surface area contributed by atoms with Gasteiger partial charge in [0.15, 0.2) is 25.3 Å². The number of fused-ring (bicyclic) bond motifs is 1. The van der Waals surface area contributed by atoms with Crippen molar-refractivity contribution in [3.63, 3.8) is 0 Å². The first-order chi connectivity index (χ1) is 24.0. The van der Waals surface area contributed by atoms with Crippen LogP contribution in [0, 0.1) is 5.92 Å². The van der Waals surface area contributed by atoms with Gasteiger partial charge in [-0.25, -0.2) is 15.0 Å². The number of anilines is 1. The quantitative estimate of drug-likeness (QED) is 0.0733. The zero-order valence-corrected chi connectivity index (χ0v) is 32.1. The average molecular weight is 712 g/mol. The molecule has 50 heavy (non-hydrogen) atoms. The van der Waals surface area contributed by atoms with Crippen LogP contribution in [-0.4, -0.2) is 66.0 Å². The Morgan fingerprint density at radius 2 is 1.50 bits per heavy atom. The summed E-state index contributed by atoms with van der Waals surface area (Å²) in [5.74, 6) is 1.99. The molecule has 1 fully saturated rings. The first-order valence-electron chi connectivity index (χ1n) is 17.1. The van der Waals surface area contributed by atoms with E-state index in [4.69, 9.17) is 33.6 Å². The topological polar surface area (TPSA) is 92.6 Å². The average Bonchev–Trinajstić information content (AvgIpc) is 3.69. The summed E-state index contributed by atoms with van der Waals surface area (Å²) < 4.78 is 27.4. The van der Waals surface area contributed by atoms with E-state index in [-0.39, 0.29) is 29.4 Å². The standard InChI is InChI=1S/C39H49N5O4SSi/c1-27-34(46-26-49-6)32(23-47-50(7,8)38(2,3)4)48-37(27)44-25-42-33-35(40-24-41-36(33)44)43-39(28-15-11-9-12-16-28,29-17-13-10-14-18-29)30-19-21-31(45-5)22-20-30/h9-22,24-25,27,32,34,37H,23,26H2,1-8H3,(H,40,41,43)/t27?,32-,34?,37-/m1/s1. The van der Waals surface area contributed by atoms with Gasteiger partial charge in [-0.15, -0.1) is 11.8 Å². The van der Waals surface area contributed by atoms with E-state index in [1.807, 2.05) is 41.4 Å². The van der Waals surface area contributed by atoms with Gasteiger partial charge >= 0.3 is 0 Å². The zero-order valence-electron chi connectivity index (χ0n) is 30.3. The van der Waals surface area contributed by atoms with Crippen molar-refractivity contribution in [2.24, 2.45) is 5.92 Å². The third-order valence-electron chi connectivity index (χ3n) is 10.3. The Kier molecular flexibility index (Phi) is 10.7. The number of aromatic nitrogens is 4. The lowest BCUT2D eigenvalue weighted by Crippen LogP contribution is -2.44. The van der Waals surface area contributed by atoms with Crippen LogP contribution in [0.4, 0.5) is 5.82 Å². The summed E-state index contributed by atoms with van der Waals surface area (Å²) in [7, 11) is -0.324. The number of ether oxygens (including phenoxy) is 3. The van der Waals surface area contributed by atoms with E-state index in [0.717, 1.165) is 22.4 Å². The molecule has 0 spiro atoms. The van der Waals surface area contributed by atoms with Gasteiger partial charge in [0.1, 0.15) is 29.9 Å². The highest BCUT2D eigenvalue weighted by molar-refractivity contribution is 7.98. The van der Waals surface area contributed by atoms with E-state index in [0.29, 0.717) is 29.5 Å². The summed E-state index contributed by atoms with van der Waals surface area (Å²) >= 11 is 1.66. The van der Waals surface area contributed by atoms with Crippen molar-refractivity contribution in [3.05, 3.63) is 114 Å². The molecule has 5 aromatic rings. The Labute approximate surface area is 301 Å². The lowest BCUT2D eigenvalue weighted by Gasteiger charge is -2.37. The lowest BCUT2D eigenvalue weighted by atomic mass is 9.77. The van der Waals surface area contributed by atoms with Crippen molar-refractivity contribution in [3.8, 4) is 5.75 Å². The fourth-order valence-corrected chi connectivity index (χ4v) is 7.80. The Bertz CT molecular complexity index is 1810. The maximum Gasteiger partial charge on any atom is 0.192 e. The van der Waals surface area contributed by atoms with Gasteiger partial charge < -0.3 is 24.0 Å². The van der Waals surface area contributed by atoms with Crippen molar-refractivity contribution in [2.45, 2.75) is 69.8 Å². The second kappa shape index (κ2) is 14.9. The molecule has 2 unspecified atom stereocenters.